The van der Waals surface area contributed by atoms with Gasteiger partial charge in [0.2, 0.25) is 0 Å². The van der Waals surface area contributed by atoms with Crippen LogP contribution in [0.1, 0.15) is 60.0 Å². The maximum atomic E-state index is 13.4. The number of aryl methyl sites for hydroxylation is 1. The van der Waals surface area contributed by atoms with Gasteiger partial charge in [-0.25, -0.2) is 0 Å². The minimum absolute atomic E-state index is 0.125. The lowest BCUT2D eigenvalue weighted by Gasteiger charge is -2.44. The topological polar surface area (TPSA) is 23.6 Å². The van der Waals surface area contributed by atoms with E-state index >= 15 is 0 Å². The third kappa shape index (κ3) is 2.85. The first-order chi connectivity index (χ1) is 14.6. The summed E-state index contributed by atoms with van der Waals surface area (Å²) in [6.45, 7) is 5.40. The number of carbonyl (C=O) groups is 1. The first-order valence-corrected chi connectivity index (χ1v) is 11.9. The number of rotatable bonds is 2. The van der Waals surface area contributed by atoms with E-state index in [2.05, 4.69) is 34.9 Å². The van der Waals surface area contributed by atoms with Gasteiger partial charge < -0.3 is 9.80 Å². The molecule has 3 nitrogen and oxygen atoms in total. The second-order valence-corrected chi connectivity index (χ2v) is 10.3. The fraction of sp³-hybridized carbons (Fsp3) is 0.519. The Morgan fingerprint density at radius 1 is 1.00 bits per heavy atom. The highest BCUT2D eigenvalue weighted by Crippen LogP contribution is 2.51. The van der Waals surface area contributed by atoms with Crippen LogP contribution in [0, 0.1) is 18.8 Å². The number of benzene rings is 2. The van der Waals surface area contributed by atoms with Gasteiger partial charge in [-0.2, -0.15) is 0 Å². The SMILES string of the molecule is Cc1ccc2c(c1)C1(CCN(C3CC4CCC3C4)CC1)CN2C(=O)c1ccccc1. The lowest BCUT2D eigenvalue weighted by molar-refractivity contribution is 0.0847. The van der Waals surface area contributed by atoms with Crippen LogP contribution in [0.15, 0.2) is 48.5 Å². The molecule has 1 amide bonds. The van der Waals surface area contributed by atoms with Crippen molar-refractivity contribution in [3.63, 3.8) is 0 Å². The summed E-state index contributed by atoms with van der Waals surface area (Å²) < 4.78 is 0. The van der Waals surface area contributed by atoms with Crippen LogP contribution in [0.4, 0.5) is 5.69 Å². The van der Waals surface area contributed by atoms with Crippen molar-refractivity contribution in [3.05, 3.63) is 65.2 Å². The summed E-state index contributed by atoms with van der Waals surface area (Å²) in [6.07, 6.45) is 8.20. The summed E-state index contributed by atoms with van der Waals surface area (Å²) in [5, 5.41) is 0. The molecular weight excluding hydrogens is 368 g/mol. The molecule has 6 rings (SSSR count). The van der Waals surface area contributed by atoms with Gasteiger partial charge in [-0.3, -0.25) is 4.79 Å². The highest BCUT2D eigenvalue weighted by molar-refractivity contribution is 6.07. The standard InChI is InChI=1S/C27H32N2O/c1-19-7-10-24-23(15-19)27(18-29(24)26(30)21-5-3-2-4-6-21)11-13-28(14-12-27)25-17-20-8-9-22(25)16-20/h2-7,10,15,20,22,25H,8-9,11-14,16-18H2,1H3. The number of piperidine rings is 1. The van der Waals surface area contributed by atoms with Crippen molar-refractivity contribution < 1.29 is 4.79 Å². The Balaban J connectivity index is 1.27. The number of fused-ring (bicyclic) bond motifs is 4. The molecule has 0 aromatic heterocycles. The number of amides is 1. The Morgan fingerprint density at radius 3 is 2.50 bits per heavy atom. The molecule has 2 heterocycles. The Kier molecular flexibility index (Phi) is 4.31. The quantitative estimate of drug-likeness (QED) is 0.694. The van der Waals surface area contributed by atoms with E-state index in [1.807, 2.05) is 30.3 Å². The van der Waals surface area contributed by atoms with E-state index in [9.17, 15) is 4.79 Å². The number of carbonyl (C=O) groups excluding carboxylic acids is 1. The summed E-state index contributed by atoms with van der Waals surface area (Å²) in [4.78, 5) is 18.3. The zero-order valence-corrected chi connectivity index (χ0v) is 18.0. The molecule has 156 valence electrons. The van der Waals surface area contributed by atoms with Gasteiger partial charge in [0.05, 0.1) is 0 Å². The van der Waals surface area contributed by atoms with Gasteiger partial charge in [-0.05, 0) is 87.7 Å². The van der Waals surface area contributed by atoms with E-state index in [1.165, 1.54) is 62.7 Å². The molecule has 1 saturated heterocycles. The van der Waals surface area contributed by atoms with E-state index in [-0.39, 0.29) is 11.3 Å². The predicted octanol–water partition coefficient (Wildman–Crippen LogP) is 5.18. The smallest absolute Gasteiger partial charge is 0.258 e. The van der Waals surface area contributed by atoms with E-state index in [0.717, 1.165) is 35.7 Å². The molecule has 3 fully saturated rings. The molecule has 2 saturated carbocycles. The Hall–Kier alpha value is -2.13. The van der Waals surface area contributed by atoms with Crippen LogP contribution in [0.5, 0.6) is 0 Å². The van der Waals surface area contributed by atoms with E-state index in [1.54, 1.807) is 0 Å². The first kappa shape index (κ1) is 18.6. The number of nitrogens with zero attached hydrogens (tertiary/aromatic N) is 2. The molecule has 2 aliphatic heterocycles. The van der Waals surface area contributed by atoms with E-state index < -0.39 is 0 Å². The number of hydrogen-bond acceptors (Lipinski definition) is 2. The second kappa shape index (κ2) is 6.95. The molecule has 0 radical (unpaired) electrons. The van der Waals surface area contributed by atoms with Crippen LogP contribution in [0.2, 0.25) is 0 Å². The third-order valence-corrected chi connectivity index (χ3v) is 8.67. The van der Waals surface area contributed by atoms with Gasteiger partial charge in [0.25, 0.3) is 5.91 Å². The van der Waals surface area contributed by atoms with Crippen molar-refractivity contribution in [1.82, 2.24) is 4.90 Å². The van der Waals surface area contributed by atoms with Gasteiger partial charge in [0.15, 0.2) is 0 Å². The molecule has 30 heavy (non-hydrogen) atoms. The molecule has 2 aliphatic carbocycles. The van der Waals surface area contributed by atoms with Crippen LogP contribution in [0.25, 0.3) is 0 Å². The molecule has 2 aromatic carbocycles. The minimum atomic E-state index is 0.125. The van der Waals surface area contributed by atoms with E-state index in [0.29, 0.717) is 0 Å². The maximum Gasteiger partial charge on any atom is 0.258 e. The average Bonchev–Trinajstić information content (AvgIpc) is 3.49. The fourth-order valence-electron chi connectivity index (χ4n) is 7.07. The molecule has 3 heteroatoms. The van der Waals surface area contributed by atoms with Crippen LogP contribution in [0.3, 0.4) is 0 Å². The molecule has 1 spiro atoms. The van der Waals surface area contributed by atoms with Gasteiger partial charge in [-0.15, -0.1) is 0 Å². The lowest BCUT2D eigenvalue weighted by atomic mass is 9.73. The summed E-state index contributed by atoms with van der Waals surface area (Å²) in [5.41, 5.74) is 4.78. The van der Waals surface area contributed by atoms with Crippen LogP contribution in [-0.2, 0) is 5.41 Å². The Labute approximate surface area is 180 Å². The van der Waals surface area contributed by atoms with Gasteiger partial charge in [0, 0.05) is 29.3 Å². The van der Waals surface area contributed by atoms with Crippen molar-refractivity contribution in [2.24, 2.45) is 11.8 Å². The maximum absolute atomic E-state index is 13.4. The molecule has 2 aromatic rings. The van der Waals surface area contributed by atoms with Crippen molar-refractivity contribution in [1.29, 1.82) is 0 Å². The lowest BCUT2D eigenvalue weighted by Crippen LogP contribution is -2.50. The van der Waals surface area contributed by atoms with Crippen LogP contribution in [-0.4, -0.2) is 36.5 Å². The second-order valence-electron chi connectivity index (χ2n) is 10.3. The van der Waals surface area contributed by atoms with Gasteiger partial charge >= 0.3 is 0 Å². The Morgan fingerprint density at radius 2 is 1.80 bits per heavy atom. The molecule has 3 unspecified atom stereocenters. The minimum Gasteiger partial charge on any atom is -0.307 e. The number of likely N-dealkylation sites (tertiary alicyclic amines) is 1. The summed E-state index contributed by atoms with van der Waals surface area (Å²) in [7, 11) is 0. The first-order valence-electron chi connectivity index (χ1n) is 11.9. The highest BCUT2D eigenvalue weighted by Gasteiger charge is 2.49. The van der Waals surface area contributed by atoms with Gasteiger partial charge in [-0.1, -0.05) is 42.3 Å². The highest BCUT2D eigenvalue weighted by atomic mass is 16.2. The monoisotopic (exact) mass is 400 g/mol. The normalized spacial score (nSPS) is 29.5. The summed E-state index contributed by atoms with van der Waals surface area (Å²) in [5.74, 6) is 2.11. The zero-order chi connectivity index (χ0) is 20.3. The van der Waals surface area contributed by atoms with E-state index in [4.69, 9.17) is 0 Å². The number of hydrogen-bond donors (Lipinski definition) is 0. The molecule has 3 atom stereocenters. The largest absolute Gasteiger partial charge is 0.307 e. The summed E-state index contributed by atoms with van der Waals surface area (Å²) in [6, 6.07) is 17.3. The fourth-order valence-corrected chi connectivity index (χ4v) is 7.07. The Bertz CT molecular complexity index is 960. The van der Waals surface area contributed by atoms with Crippen molar-refractivity contribution in [2.45, 2.75) is 56.9 Å². The molecular formula is C27H32N2O. The van der Waals surface area contributed by atoms with Crippen LogP contribution < -0.4 is 4.90 Å². The van der Waals surface area contributed by atoms with Crippen molar-refractivity contribution >= 4 is 11.6 Å². The van der Waals surface area contributed by atoms with Gasteiger partial charge in [0.1, 0.15) is 0 Å². The molecule has 2 bridgehead atoms. The predicted molar refractivity (Wildman–Crippen MR) is 121 cm³/mol. The summed E-state index contributed by atoms with van der Waals surface area (Å²) >= 11 is 0. The van der Waals surface area contributed by atoms with Crippen molar-refractivity contribution in [3.8, 4) is 0 Å². The van der Waals surface area contributed by atoms with Crippen molar-refractivity contribution in [2.75, 3.05) is 24.5 Å². The average molecular weight is 401 g/mol. The molecule has 4 aliphatic rings. The zero-order valence-electron chi connectivity index (χ0n) is 18.0. The van der Waals surface area contributed by atoms with Crippen LogP contribution >= 0.6 is 0 Å². The molecule has 0 N–H and O–H groups in total. The third-order valence-electron chi connectivity index (χ3n) is 8.67. The number of anilines is 1.